The van der Waals surface area contributed by atoms with E-state index in [9.17, 15) is 28.6 Å². The molecule has 6 nitrogen and oxygen atoms in total. The van der Waals surface area contributed by atoms with Gasteiger partial charge < -0.3 is 20.5 Å². The normalized spacial score (nSPS) is 12.4. The van der Waals surface area contributed by atoms with Gasteiger partial charge in [0.15, 0.2) is 6.10 Å². The maximum atomic E-state index is 14.3. The number of hydrogen-bond acceptors (Lipinski definition) is 3. The molecule has 1 heterocycles. The van der Waals surface area contributed by atoms with E-state index in [1.165, 1.54) is 24.3 Å². The fourth-order valence-electron chi connectivity index (χ4n) is 3.79. The van der Waals surface area contributed by atoms with Gasteiger partial charge in [-0.2, -0.15) is 0 Å². The molecule has 8 heteroatoms. The van der Waals surface area contributed by atoms with Gasteiger partial charge in [0.05, 0.1) is 12.1 Å². The van der Waals surface area contributed by atoms with E-state index >= 15 is 0 Å². The van der Waals surface area contributed by atoms with Crippen molar-refractivity contribution < 1.29 is 28.6 Å². The van der Waals surface area contributed by atoms with Crippen LogP contribution in [0, 0.1) is 11.6 Å². The topological polar surface area (TPSA) is 106 Å². The van der Waals surface area contributed by atoms with Crippen LogP contribution < -0.4 is 5.73 Å². The van der Waals surface area contributed by atoms with Crippen LogP contribution in [0.3, 0.4) is 0 Å². The second-order valence-electron chi connectivity index (χ2n) is 6.83. The van der Waals surface area contributed by atoms with E-state index in [4.69, 9.17) is 5.73 Å². The van der Waals surface area contributed by atoms with Crippen molar-refractivity contribution in [1.82, 2.24) is 4.57 Å². The number of hydrogen-bond donors (Lipinski definition) is 3. The van der Waals surface area contributed by atoms with Crippen molar-refractivity contribution in [1.29, 1.82) is 0 Å². The number of nitrogens with zero attached hydrogens (tertiary/aromatic N) is 1. The van der Waals surface area contributed by atoms with E-state index in [0.717, 1.165) is 12.1 Å². The zero-order chi connectivity index (χ0) is 21.6. The maximum absolute atomic E-state index is 14.3. The molecule has 0 aliphatic heterocycles. The number of carboxylic acids is 1. The van der Waals surface area contributed by atoms with Gasteiger partial charge in [0.25, 0.3) is 0 Å². The summed E-state index contributed by atoms with van der Waals surface area (Å²) in [5, 5.41) is 20.1. The van der Waals surface area contributed by atoms with E-state index in [1.54, 1.807) is 22.8 Å². The quantitative estimate of drug-likeness (QED) is 0.469. The zero-order valence-corrected chi connectivity index (χ0v) is 15.5. The molecule has 1 atom stereocenters. The molecule has 0 saturated carbocycles. The fourth-order valence-corrected chi connectivity index (χ4v) is 3.79. The number of benzene rings is 3. The fraction of sp³-hybridized carbons (Fsp3) is 0.0909. The van der Waals surface area contributed by atoms with Crippen molar-refractivity contribution in [3.63, 3.8) is 0 Å². The molecule has 1 amide bonds. The van der Waals surface area contributed by atoms with Gasteiger partial charge in [0.1, 0.15) is 11.6 Å². The van der Waals surface area contributed by atoms with Crippen molar-refractivity contribution in [3.05, 3.63) is 82.9 Å². The standard InChI is InChI=1S/C22H16F2N2O4/c23-14-6-3-7-15(24)13(14)10-26-16-8-1-4-11(20(27)22(29)30)18(16)19-12(21(25)28)5-2-9-17(19)26/h1-9,20,27H,10H2,(H2,25,28)(H,29,30). The van der Waals surface area contributed by atoms with Crippen LogP contribution in [0.5, 0.6) is 0 Å². The Morgan fingerprint density at radius 2 is 1.50 bits per heavy atom. The Kier molecular flexibility index (Phi) is 4.71. The Morgan fingerprint density at radius 3 is 2.10 bits per heavy atom. The first kappa shape index (κ1) is 19.5. The number of amides is 1. The molecule has 0 aliphatic carbocycles. The highest BCUT2D eigenvalue weighted by Gasteiger charge is 2.25. The van der Waals surface area contributed by atoms with Crippen LogP contribution in [0.1, 0.15) is 27.6 Å². The molecule has 0 bridgehead atoms. The summed E-state index contributed by atoms with van der Waals surface area (Å²) >= 11 is 0. The van der Waals surface area contributed by atoms with E-state index in [-0.39, 0.29) is 28.6 Å². The smallest absolute Gasteiger partial charge is 0.337 e. The van der Waals surface area contributed by atoms with Crippen LogP contribution in [0.2, 0.25) is 0 Å². The van der Waals surface area contributed by atoms with Crippen molar-refractivity contribution in [2.24, 2.45) is 5.73 Å². The Balaban J connectivity index is 2.13. The summed E-state index contributed by atoms with van der Waals surface area (Å²) in [5.74, 6) is -3.70. The number of nitrogens with two attached hydrogens (primary N) is 1. The number of halogens is 2. The summed E-state index contributed by atoms with van der Waals surface area (Å²) in [6.45, 7) is -0.215. The molecule has 3 aromatic carbocycles. The van der Waals surface area contributed by atoms with Crippen LogP contribution in [-0.4, -0.2) is 26.7 Å². The molecule has 4 N–H and O–H groups in total. The molecule has 4 rings (SSSR count). The second-order valence-corrected chi connectivity index (χ2v) is 6.83. The Hall–Kier alpha value is -3.78. The van der Waals surface area contributed by atoms with Crippen LogP contribution >= 0.6 is 0 Å². The average molecular weight is 410 g/mol. The first-order chi connectivity index (χ1) is 14.3. The minimum atomic E-state index is -1.86. The number of rotatable bonds is 5. The predicted molar refractivity (Wildman–Crippen MR) is 106 cm³/mol. The first-order valence-electron chi connectivity index (χ1n) is 8.98. The molecule has 0 radical (unpaired) electrons. The van der Waals surface area contributed by atoms with Gasteiger partial charge in [-0.3, -0.25) is 4.79 Å². The molecule has 0 saturated heterocycles. The second kappa shape index (κ2) is 7.23. The number of aliphatic hydroxyl groups is 1. The number of aliphatic hydroxyl groups excluding tert-OH is 1. The number of aromatic nitrogens is 1. The minimum absolute atomic E-state index is 0.0476. The lowest BCUT2D eigenvalue weighted by molar-refractivity contribution is -0.146. The lowest BCUT2D eigenvalue weighted by Crippen LogP contribution is -2.12. The van der Waals surface area contributed by atoms with Crippen LogP contribution in [0.25, 0.3) is 21.8 Å². The highest BCUT2D eigenvalue weighted by Crippen LogP contribution is 2.37. The summed E-state index contributed by atoms with van der Waals surface area (Å²) < 4.78 is 30.2. The third-order valence-corrected chi connectivity index (χ3v) is 5.12. The Morgan fingerprint density at radius 1 is 0.933 bits per heavy atom. The lowest BCUT2D eigenvalue weighted by Gasteiger charge is -2.11. The third kappa shape index (κ3) is 2.98. The average Bonchev–Trinajstić information content (AvgIpc) is 3.04. The largest absolute Gasteiger partial charge is 0.479 e. The predicted octanol–water partition coefficient (Wildman–Crippen LogP) is 3.34. The van der Waals surface area contributed by atoms with Crippen LogP contribution in [0.15, 0.2) is 54.6 Å². The molecule has 0 spiro atoms. The SMILES string of the molecule is NC(=O)c1cccc2c1c1c(C(O)C(=O)O)cccc1n2Cc1c(F)cccc1F. The Labute approximate surface area is 168 Å². The summed E-state index contributed by atoms with van der Waals surface area (Å²) in [4.78, 5) is 23.5. The van der Waals surface area contributed by atoms with Gasteiger partial charge in [-0.1, -0.05) is 24.3 Å². The van der Waals surface area contributed by atoms with Crippen molar-refractivity contribution >= 4 is 33.7 Å². The number of primary amides is 1. The van der Waals surface area contributed by atoms with Gasteiger partial charge in [-0.15, -0.1) is 0 Å². The zero-order valence-electron chi connectivity index (χ0n) is 15.5. The van der Waals surface area contributed by atoms with Gasteiger partial charge >= 0.3 is 5.97 Å². The molecule has 0 aliphatic rings. The summed E-state index contributed by atoms with van der Waals surface area (Å²) in [5.41, 5.74) is 6.31. The summed E-state index contributed by atoms with van der Waals surface area (Å²) in [6, 6.07) is 12.8. The van der Waals surface area contributed by atoms with E-state index in [1.807, 2.05) is 0 Å². The van der Waals surface area contributed by atoms with Gasteiger partial charge in [-0.05, 0) is 30.3 Å². The first-order valence-corrected chi connectivity index (χ1v) is 8.98. The number of carboxylic acid groups (broad SMARTS) is 1. The molecule has 0 fully saturated rings. The highest BCUT2D eigenvalue weighted by atomic mass is 19.1. The number of aliphatic carboxylic acids is 1. The lowest BCUT2D eigenvalue weighted by atomic mass is 9.99. The van der Waals surface area contributed by atoms with Crippen molar-refractivity contribution in [2.75, 3.05) is 0 Å². The van der Waals surface area contributed by atoms with Crippen molar-refractivity contribution in [2.45, 2.75) is 12.6 Å². The summed E-state index contributed by atoms with van der Waals surface area (Å²) in [7, 11) is 0. The van der Waals surface area contributed by atoms with E-state index in [2.05, 4.69) is 0 Å². The molecule has 152 valence electrons. The molecular weight excluding hydrogens is 394 g/mol. The molecule has 4 aromatic rings. The maximum Gasteiger partial charge on any atom is 0.337 e. The molecule has 1 aromatic heterocycles. The van der Waals surface area contributed by atoms with Crippen molar-refractivity contribution in [3.8, 4) is 0 Å². The minimum Gasteiger partial charge on any atom is -0.479 e. The monoisotopic (exact) mass is 410 g/mol. The number of carbonyl (C=O) groups is 2. The Bertz CT molecular complexity index is 1310. The summed E-state index contributed by atoms with van der Waals surface area (Å²) in [6.07, 6.45) is -1.86. The van der Waals surface area contributed by atoms with Gasteiger partial charge in [0, 0.05) is 33.0 Å². The molecule has 30 heavy (non-hydrogen) atoms. The third-order valence-electron chi connectivity index (χ3n) is 5.12. The van der Waals surface area contributed by atoms with Crippen LogP contribution in [-0.2, 0) is 11.3 Å². The van der Waals surface area contributed by atoms with Gasteiger partial charge in [-0.25, -0.2) is 13.6 Å². The van der Waals surface area contributed by atoms with Crippen LogP contribution in [0.4, 0.5) is 8.78 Å². The number of carbonyl (C=O) groups excluding carboxylic acids is 1. The number of fused-ring (bicyclic) bond motifs is 3. The molecule has 1 unspecified atom stereocenters. The van der Waals surface area contributed by atoms with E-state index in [0.29, 0.717) is 16.4 Å². The highest BCUT2D eigenvalue weighted by molar-refractivity contribution is 6.19. The molecular formula is C22H16F2N2O4. The van der Waals surface area contributed by atoms with Gasteiger partial charge in [0.2, 0.25) is 5.91 Å². The van der Waals surface area contributed by atoms with E-state index < -0.39 is 29.6 Å².